The van der Waals surface area contributed by atoms with Crippen LogP contribution in [0.3, 0.4) is 0 Å². The second-order valence-corrected chi connectivity index (χ2v) is 6.13. The van der Waals surface area contributed by atoms with Gasteiger partial charge in [0.05, 0.1) is 5.60 Å². The SMILES string of the molecule is CC(O)(Cc1cccc(F)c1)C1(CN)CCCCC1. The molecule has 0 radical (unpaired) electrons. The minimum absolute atomic E-state index is 0.225. The van der Waals surface area contributed by atoms with E-state index in [4.69, 9.17) is 5.73 Å². The first-order valence-corrected chi connectivity index (χ1v) is 7.16. The van der Waals surface area contributed by atoms with Crippen molar-refractivity contribution >= 4 is 0 Å². The summed E-state index contributed by atoms with van der Waals surface area (Å²) in [6.07, 6.45) is 5.85. The van der Waals surface area contributed by atoms with Crippen LogP contribution in [0.5, 0.6) is 0 Å². The van der Waals surface area contributed by atoms with Crippen molar-refractivity contribution in [2.24, 2.45) is 11.1 Å². The Balaban J connectivity index is 2.20. The molecule has 1 aromatic carbocycles. The fraction of sp³-hybridized carbons (Fsp3) is 0.625. The van der Waals surface area contributed by atoms with Gasteiger partial charge in [0, 0.05) is 18.4 Å². The normalized spacial score (nSPS) is 21.9. The summed E-state index contributed by atoms with van der Waals surface area (Å²) in [6.45, 7) is 2.35. The summed E-state index contributed by atoms with van der Waals surface area (Å²) < 4.78 is 13.3. The fourth-order valence-corrected chi connectivity index (χ4v) is 3.42. The highest BCUT2D eigenvalue weighted by atomic mass is 19.1. The summed E-state index contributed by atoms with van der Waals surface area (Å²) in [5, 5.41) is 10.9. The Morgan fingerprint density at radius 3 is 2.58 bits per heavy atom. The molecule has 1 atom stereocenters. The minimum atomic E-state index is -0.879. The third kappa shape index (κ3) is 2.98. The monoisotopic (exact) mass is 265 g/mol. The van der Waals surface area contributed by atoms with Gasteiger partial charge in [0.15, 0.2) is 0 Å². The second-order valence-electron chi connectivity index (χ2n) is 6.13. The quantitative estimate of drug-likeness (QED) is 0.879. The molecule has 0 bridgehead atoms. The molecule has 1 aliphatic rings. The first kappa shape index (κ1) is 14.5. The zero-order valence-corrected chi connectivity index (χ0v) is 11.7. The Morgan fingerprint density at radius 1 is 1.32 bits per heavy atom. The molecule has 0 spiro atoms. The van der Waals surface area contributed by atoms with Gasteiger partial charge in [-0.15, -0.1) is 0 Å². The first-order chi connectivity index (χ1) is 8.99. The lowest BCUT2D eigenvalue weighted by molar-refractivity contribution is -0.0849. The van der Waals surface area contributed by atoms with Gasteiger partial charge in [-0.2, -0.15) is 0 Å². The van der Waals surface area contributed by atoms with E-state index in [0.29, 0.717) is 13.0 Å². The molecule has 1 aliphatic carbocycles. The molecule has 106 valence electrons. The molecule has 1 unspecified atom stereocenters. The molecule has 3 N–H and O–H groups in total. The van der Waals surface area contributed by atoms with Gasteiger partial charge >= 0.3 is 0 Å². The molecule has 0 saturated heterocycles. The number of nitrogens with two attached hydrogens (primary N) is 1. The van der Waals surface area contributed by atoms with Crippen LogP contribution < -0.4 is 5.73 Å². The molecule has 1 fully saturated rings. The smallest absolute Gasteiger partial charge is 0.123 e. The molecule has 0 heterocycles. The third-order valence-electron chi connectivity index (χ3n) is 4.78. The molecule has 3 heteroatoms. The number of hydrogen-bond acceptors (Lipinski definition) is 2. The maximum Gasteiger partial charge on any atom is 0.123 e. The minimum Gasteiger partial charge on any atom is -0.389 e. The van der Waals surface area contributed by atoms with Crippen LogP contribution in [0.15, 0.2) is 24.3 Å². The molecule has 0 amide bonds. The number of rotatable bonds is 4. The summed E-state index contributed by atoms with van der Waals surface area (Å²) in [5.41, 5.74) is 5.71. The van der Waals surface area contributed by atoms with Crippen LogP contribution in [-0.2, 0) is 6.42 Å². The first-order valence-electron chi connectivity index (χ1n) is 7.16. The lowest BCUT2D eigenvalue weighted by Gasteiger charge is -2.47. The zero-order valence-electron chi connectivity index (χ0n) is 11.7. The van der Waals surface area contributed by atoms with Crippen LogP contribution in [0.25, 0.3) is 0 Å². The van der Waals surface area contributed by atoms with Gasteiger partial charge in [0.2, 0.25) is 0 Å². The van der Waals surface area contributed by atoms with Gasteiger partial charge in [-0.25, -0.2) is 4.39 Å². The lowest BCUT2D eigenvalue weighted by Crippen LogP contribution is -2.53. The van der Waals surface area contributed by atoms with Gasteiger partial charge in [0.25, 0.3) is 0 Å². The van der Waals surface area contributed by atoms with E-state index >= 15 is 0 Å². The Labute approximate surface area is 114 Å². The number of aliphatic hydroxyl groups is 1. The van der Waals surface area contributed by atoms with E-state index in [1.807, 2.05) is 13.0 Å². The van der Waals surface area contributed by atoms with Crippen LogP contribution in [-0.4, -0.2) is 17.3 Å². The van der Waals surface area contributed by atoms with Crippen molar-refractivity contribution in [1.82, 2.24) is 0 Å². The summed E-state index contributed by atoms with van der Waals surface area (Å²) >= 11 is 0. The summed E-state index contributed by atoms with van der Waals surface area (Å²) in [5.74, 6) is -0.251. The van der Waals surface area contributed by atoms with Crippen molar-refractivity contribution in [3.63, 3.8) is 0 Å². The van der Waals surface area contributed by atoms with Gasteiger partial charge < -0.3 is 10.8 Å². The third-order valence-corrected chi connectivity index (χ3v) is 4.78. The average Bonchev–Trinajstić information content (AvgIpc) is 2.39. The van der Waals surface area contributed by atoms with E-state index in [2.05, 4.69) is 0 Å². The van der Waals surface area contributed by atoms with Crippen molar-refractivity contribution in [3.05, 3.63) is 35.6 Å². The topological polar surface area (TPSA) is 46.2 Å². The van der Waals surface area contributed by atoms with Crippen LogP contribution in [0.2, 0.25) is 0 Å². The largest absolute Gasteiger partial charge is 0.389 e. The van der Waals surface area contributed by atoms with E-state index in [1.165, 1.54) is 18.6 Å². The number of hydrogen-bond donors (Lipinski definition) is 2. The summed E-state index contributed by atoms with van der Waals surface area (Å²) in [7, 11) is 0. The second kappa shape index (κ2) is 5.59. The fourth-order valence-electron chi connectivity index (χ4n) is 3.42. The zero-order chi connectivity index (χ0) is 13.9. The van der Waals surface area contributed by atoms with E-state index in [-0.39, 0.29) is 11.2 Å². The molecule has 2 rings (SSSR count). The molecule has 1 saturated carbocycles. The molecule has 0 aromatic heterocycles. The average molecular weight is 265 g/mol. The van der Waals surface area contributed by atoms with Gasteiger partial charge in [0.1, 0.15) is 5.82 Å². The molecular weight excluding hydrogens is 241 g/mol. The Kier molecular flexibility index (Phi) is 4.26. The van der Waals surface area contributed by atoms with Crippen LogP contribution >= 0.6 is 0 Å². The maximum absolute atomic E-state index is 13.3. The highest BCUT2D eigenvalue weighted by Crippen LogP contribution is 2.45. The van der Waals surface area contributed by atoms with Gasteiger partial charge in [-0.3, -0.25) is 0 Å². The highest BCUT2D eigenvalue weighted by Gasteiger charge is 2.46. The molecular formula is C16H24FNO. The Hall–Kier alpha value is -0.930. The van der Waals surface area contributed by atoms with E-state index in [0.717, 1.165) is 31.2 Å². The summed E-state index contributed by atoms with van der Waals surface area (Å²) in [4.78, 5) is 0. The van der Waals surface area contributed by atoms with E-state index < -0.39 is 5.60 Å². The van der Waals surface area contributed by atoms with Crippen molar-refractivity contribution < 1.29 is 9.50 Å². The number of benzene rings is 1. The van der Waals surface area contributed by atoms with E-state index in [9.17, 15) is 9.50 Å². The predicted molar refractivity (Wildman–Crippen MR) is 75.3 cm³/mol. The Morgan fingerprint density at radius 2 is 2.00 bits per heavy atom. The van der Waals surface area contributed by atoms with E-state index in [1.54, 1.807) is 6.07 Å². The maximum atomic E-state index is 13.3. The molecule has 19 heavy (non-hydrogen) atoms. The molecule has 0 aliphatic heterocycles. The summed E-state index contributed by atoms with van der Waals surface area (Å²) in [6, 6.07) is 6.49. The highest BCUT2D eigenvalue weighted by molar-refractivity contribution is 5.20. The van der Waals surface area contributed by atoms with Crippen LogP contribution in [0.1, 0.15) is 44.6 Å². The lowest BCUT2D eigenvalue weighted by atomic mass is 9.62. The Bertz CT molecular complexity index is 425. The van der Waals surface area contributed by atoms with Crippen molar-refractivity contribution in [3.8, 4) is 0 Å². The van der Waals surface area contributed by atoms with Crippen molar-refractivity contribution in [2.75, 3.05) is 6.54 Å². The number of halogens is 1. The molecule has 1 aromatic rings. The van der Waals surface area contributed by atoms with Crippen molar-refractivity contribution in [1.29, 1.82) is 0 Å². The molecule has 2 nitrogen and oxygen atoms in total. The van der Waals surface area contributed by atoms with Crippen LogP contribution in [0, 0.1) is 11.2 Å². The van der Waals surface area contributed by atoms with Crippen LogP contribution in [0.4, 0.5) is 4.39 Å². The van der Waals surface area contributed by atoms with Crippen molar-refractivity contribution in [2.45, 2.75) is 51.0 Å². The predicted octanol–water partition coefficient (Wildman–Crippen LogP) is 3.03. The van der Waals surface area contributed by atoms with Gasteiger partial charge in [-0.05, 0) is 37.5 Å². The standard InChI is InChI=1S/C16H24FNO/c1-15(19,11-13-6-5-7-14(17)10-13)16(12-18)8-3-2-4-9-16/h5-7,10,19H,2-4,8-9,11-12,18H2,1H3. The van der Waals surface area contributed by atoms with Gasteiger partial charge in [-0.1, -0.05) is 31.4 Å².